The van der Waals surface area contributed by atoms with Crippen LogP contribution < -0.4 is 9.62 Å². The molecule has 0 bridgehead atoms. The van der Waals surface area contributed by atoms with Gasteiger partial charge in [0.2, 0.25) is 11.8 Å². The van der Waals surface area contributed by atoms with Crippen molar-refractivity contribution in [3.05, 3.63) is 93.4 Å². The number of rotatable bonds is 10. The summed E-state index contributed by atoms with van der Waals surface area (Å²) in [4.78, 5) is 28.8. The number of halogens is 2. The Balaban J connectivity index is 1.70. The number of hydrogen-bond acceptors (Lipinski definition) is 4. The maximum Gasteiger partial charge on any atom is 0.264 e. The van der Waals surface area contributed by atoms with E-state index in [9.17, 15) is 18.0 Å². The first-order valence-corrected chi connectivity index (χ1v) is 15.9. The van der Waals surface area contributed by atoms with Gasteiger partial charge in [-0.15, -0.1) is 0 Å². The molecule has 2 amide bonds. The first kappa shape index (κ1) is 30.1. The van der Waals surface area contributed by atoms with Crippen LogP contribution in [0.3, 0.4) is 0 Å². The van der Waals surface area contributed by atoms with Crippen LogP contribution in [0, 0.1) is 6.92 Å². The summed E-state index contributed by atoms with van der Waals surface area (Å²) in [5.41, 5.74) is 1.65. The van der Waals surface area contributed by atoms with Crippen LogP contribution in [0.5, 0.6) is 0 Å². The number of anilines is 1. The van der Waals surface area contributed by atoms with E-state index in [4.69, 9.17) is 11.6 Å². The number of amides is 2. The van der Waals surface area contributed by atoms with Crippen molar-refractivity contribution in [1.29, 1.82) is 0 Å². The Labute approximate surface area is 249 Å². The molecule has 1 N–H and O–H groups in total. The molecule has 1 aliphatic carbocycles. The molecule has 0 unspecified atom stereocenters. The van der Waals surface area contributed by atoms with Gasteiger partial charge in [-0.2, -0.15) is 0 Å². The maximum atomic E-state index is 14.1. The minimum atomic E-state index is -4.14. The topological polar surface area (TPSA) is 86.8 Å². The highest BCUT2D eigenvalue weighted by molar-refractivity contribution is 9.10. The molecule has 7 nitrogen and oxygen atoms in total. The largest absolute Gasteiger partial charge is 0.352 e. The Morgan fingerprint density at radius 1 is 1.00 bits per heavy atom. The number of benzene rings is 3. The van der Waals surface area contributed by atoms with E-state index < -0.39 is 28.5 Å². The number of hydrogen-bond donors (Lipinski definition) is 1. The lowest BCUT2D eigenvalue weighted by Gasteiger charge is -2.33. The van der Waals surface area contributed by atoms with Crippen molar-refractivity contribution in [2.75, 3.05) is 10.8 Å². The Bertz CT molecular complexity index is 1450. The van der Waals surface area contributed by atoms with Gasteiger partial charge in [0.05, 0.1) is 10.6 Å². The number of nitrogens with zero attached hydrogens (tertiary/aromatic N) is 2. The molecule has 3 aromatic rings. The van der Waals surface area contributed by atoms with E-state index in [1.165, 1.54) is 17.0 Å². The van der Waals surface area contributed by atoms with Crippen molar-refractivity contribution in [2.45, 2.75) is 63.1 Å². The van der Waals surface area contributed by atoms with E-state index in [1.54, 1.807) is 50.2 Å². The Kier molecular flexibility index (Phi) is 9.92. The van der Waals surface area contributed by atoms with Crippen molar-refractivity contribution >= 4 is 55.1 Å². The molecule has 0 aromatic heterocycles. The van der Waals surface area contributed by atoms with Crippen molar-refractivity contribution < 1.29 is 18.0 Å². The average Bonchev–Trinajstić information content (AvgIpc) is 3.46. The summed E-state index contributed by atoms with van der Waals surface area (Å²) in [7, 11) is -4.14. The molecule has 3 aromatic carbocycles. The molecule has 0 heterocycles. The minimum Gasteiger partial charge on any atom is -0.352 e. The van der Waals surface area contributed by atoms with Crippen LogP contribution >= 0.6 is 27.5 Å². The third kappa shape index (κ3) is 7.06. The van der Waals surface area contributed by atoms with Crippen molar-refractivity contribution in [2.24, 2.45) is 0 Å². The zero-order valence-corrected chi connectivity index (χ0v) is 25.7. The lowest BCUT2D eigenvalue weighted by atomic mass is 10.1. The molecule has 1 fully saturated rings. The van der Waals surface area contributed by atoms with E-state index in [1.807, 2.05) is 24.3 Å². The second-order valence-corrected chi connectivity index (χ2v) is 13.2. The molecule has 1 aliphatic rings. The van der Waals surface area contributed by atoms with Crippen LogP contribution in [-0.4, -0.2) is 43.8 Å². The average molecular weight is 647 g/mol. The minimum absolute atomic E-state index is 0.0497. The SMILES string of the molecule is Cc1c(Cl)cccc1N(CC(=O)N(Cc1ccc(Br)cc1)[C@@H](C)C(=O)NC1CCCC1)S(=O)(=O)c1ccccc1. The van der Waals surface area contributed by atoms with Gasteiger partial charge in [-0.25, -0.2) is 8.42 Å². The molecular weight excluding hydrogens is 614 g/mol. The van der Waals surface area contributed by atoms with Gasteiger partial charge in [-0.1, -0.05) is 76.8 Å². The highest BCUT2D eigenvalue weighted by Gasteiger charge is 2.34. The molecule has 10 heteroatoms. The fourth-order valence-electron chi connectivity index (χ4n) is 4.86. The van der Waals surface area contributed by atoms with Crippen LogP contribution in [0.1, 0.15) is 43.7 Å². The normalized spacial score (nSPS) is 14.5. The molecule has 0 aliphatic heterocycles. The number of sulfonamides is 1. The van der Waals surface area contributed by atoms with Crippen molar-refractivity contribution in [1.82, 2.24) is 10.2 Å². The number of carbonyl (C=O) groups excluding carboxylic acids is 2. The third-order valence-corrected chi connectivity index (χ3v) is 9.96. The summed E-state index contributed by atoms with van der Waals surface area (Å²) in [5, 5.41) is 3.46. The van der Waals surface area contributed by atoms with Gasteiger partial charge < -0.3 is 10.2 Å². The first-order chi connectivity index (χ1) is 19.1. The van der Waals surface area contributed by atoms with Crippen LogP contribution in [0.15, 0.2) is 82.2 Å². The molecule has 0 saturated heterocycles. The van der Waals surface area contributed by atoms with Gasteiger partial charge in [-0.05, 0) is 74.2 Å². The lowest BCUT2D eigenvalue weighted by molar-refractivity contribution is -0.139. The molecule has 40 heavy (non-hydrogen) atoms. The molecule has 1 saturated carbocycles. The van der Waals surface area contributed by atoms with Crippen LogP contribution in [0.4, 0.5) is 5.69 Å². The summed E-state index contributed by atoms with van der Waals surface area (Å²) in [5.74, 6) is -0.760. The summed E-state index contributed by atoms with van der Waals surface area (Å²) in [6.45, 7) is 3.03. The Morgan fingerprint density at radius 2 is 1.65 bits per heavy atom. The third-order valence-electron chi connectivity index (χ3n) is 7.25. The van der Waals surface area contributed by atoms with E-state index in [-0.39, 0.29) is 23.4 Å². The molecule has 212 valence electrons. The fourth-order valence-corrected chi connectivity index (χ4v) is 6.79. The summed E-state index contributed by atoms with van der Waals surface area (Å²) in [6, 6.07) is 19.7. The van der Waals surface area contributed by atoms with Gasteiger partial charge in [-0.3, -0.25) is 13.9 Å². The first-order valence-electron chi connectivity index (χ1n) is 13.2. The Hall–Kier alpha value is -2.88. The zero-order chi connectivity index (χ0) is 28.9. The molecule has 1 atom stereocenters. The van der Waals surface area contributed by atoms with Crippen molar-refractivity contribution in [3.8, 4) is 0 Å². The van der Waals surface area contributed by atoms with Gasteiger partial charge in [0.15, 0.2) is 0 Å². The van der Waals surface area contributed by atoms with Crippen LogP contribution in [-0.2, 0) is 26.2 Å². The molecular formula is C30H33BrClN3O4S. The predicted molar refractivity (Wildman–Crippen MR) is 162 cm³/mol. The van der Waals surface area contributed by atoms with Gasteiger partial charge >= 0.3 is 0 Å². The van der Waals surface area contributed by atoms with E-state index >= 15 is 0 Å². The summed E-state index contributed by atoms with van der Waals surface area (Å²) in [6.07, 6.45) is 3.95. The number of carbonyl (C=O) groups is 2. The second kappa shape index (κ2) is 13.2. The maximum absolute atomic E-state index is 14.1. The molecule has 0 radical (unpaired) electrons. The highest BCUT2D eigenvalue weighted by Crippen LogP contribution is 2.31. The van der Waals surface area contributed by atoms with Crippen LogP contribution in [0.25, 0.3) is 0 Å². The van der Waals surface area contributed by atoms with Crippen molar-refractivity contribution in [3.63, 3.8) is 0 Å². The molecule has 0 spiro atoms. The summed E-state index contributed by atoms with van der Waals surface area (Å²) < 4.78 is 29.8. The van der Waals surface area contributed by atoms with Crippen LogP contribution in [0.2, 0.25) is 5.02 Å². The van der Waals surface area contributed by atoms with E-state index in [0.29, 0.717) is 16.3 Å². The number of nitrogens with one attached hydrogen (secondary N) is 1. The highest BCUT2D eigenvalue weighted by atomic mass is 79.9. The summed E-state index contributed by atoms with van der Waals surface area (Å²) >= 11 is 9.80. The quantitative estimate of drug-likeness (QED) is 0.289. The van der Waals surface area contributed by atoms with Gasteiger partial charge in [0.25, 0.3) is 10.0 Å². The fraction of sp³-hybridized carbons (Fsp3) is 0.333. The van der Waals surface area contributed by atoms with Gasteiger partial charge in [0, 0.05) is 22.1 Å². The lowest BCUT2D eigenvalue weighted by Crippen LogP contribution is -2.52. The zero-order valence-electron chi connectivity index (χ0n) is 22.5. The van der Waals surface area contributed by atoms with Gasteiger partial charge in [0.1, 0.15) is 12.6 Å². The Morgan fingerprint density at radius 3 is 2.30 bits per heavy atom. The smallest absolute Gasteiger partial charge is 0.264 e. The predicted octanol–water partition coefficient (Wildman–Crippen LogP) is 6.08. The van der Waals surface area contributed by atoms with E-state index in [2.05, 4.69) is 21.2 Å². The standard InChI is InChI=1S/C30H33BrClN3O4S/c1-21-27(32)13-8-14-28(21)35(40(38,39)26-11-4-3-5-12-26)20-29(36)34(19-23-15-17-24(31)18-16-23)22(2)30(37)33-25-9-6-7-10-25/h3-5,8,11-18,22,25H,6-7,9-10,19-20H2,1-2H3,(H,33,37)/t22-/m0/s1. The second-order valence-electron chi connectivity index (χ2n) is 10.0. The molecule has 4 rings (SSSR count). The monoisotopic (exact) mass is 645 g/mol. The van der Waals surface area contributed by atoms with E-state index in [0.717, 1.165) is 40.0 Å².